The predicted molar refractivity (Wildman–Crippen MR) is 48.4 cm³/mol. The molecule has 2 heterocycles. The Morgan fingerprint density at radius 2 is 2.27 bits per heavy atom. The Morgan fingerprint density at radius 3 is 2.93 bits per heavy atom. The third-order valence-electron chi connectivity index (χ3n) is 1.90. The second kappa shape index (κ2) is 3.16. The normalized spacial score (nSPS) is 10.5. The summed E-state index contributed by atoms with van der Waals surface area (Å²) < 4.78 is 13.7. The lowest BCUT2D eigenvalue weighted by Crippen LogP contribution is -2.22. The van der Waals surface area contributed by atoms with Crippen molar-refractivity contribution in [1.82, 2.24) is 9.38 Å². The summed E-state index contributed by atoms with van der Waals surface area (Å²) in [6.45, 7) is 0. The monoisotopic (exact) mass is 208 g/mol. The van der Waals surface area contributed by atoms with Crippen LogP contribution in [0.3, 0.4) is 0 Å². The molecule has 15 heavy (non-hydrogen) atoms. The molecule has 76 valence electrons. The highest BCUT2D eigenvalue weighted by molar-refractivity contribution is 5.86. The van der Waals surface area contributed by atoms with Crippen LogP contribution in [0.15, 0.2) is 29.3 Å². The van der Waals surface area contributed by atoms with Crippen molar-refractivity contribution in [2.75, 3.05) is 0 Å². The fraction of sp³-hybridized carbons (Fsp3) is 0. The van der Waals surface area contributed by atoms with Gasteiger partial charge in [-0.15, -0.1) is 0 Å². The Kier molecular flexibility index (Phi) is 1.96. The van der Waals surface area contributed by atoms with Crippen LogP contribution in [-0.4, -0.2) is 20.5 Å². The van der Waals surface area contributed by atoms with Crippen LogP contribution in [0.2, 0.25) is 0 Å². The number of aromatic nitrogens is 2. The van der Waals surface area contributed by atoms with E-state index in [2.05, 4.69) is 4.98 Å². The van der Waals surface area contributed by atoms with Crippen molar-refractivity contribution in [3.05, 3.63) is 46.3 Å². The van der Waals surface area contributed by atoms with Crippen molar-refractivity contribution >= 4 is 11.6 Å². The highest BCUT2D eigenvalue weighted by Crippen LogP contribution is 2.01. The zero-order valence-corrected chi connectivity index (χ0v) is 7.35. The zero-order chi connectivity index (χ0) is 11.0. The van der Waals surface area contributed by atoms with Gasteiger partial charge in [0, 0.05) is 18.5 Å². The van der Waals surface area contributed by atoms with E-state index in [-0.39, 0.29) is 5.65 Å². The van der Waals surface area contributed by atoms with Gasteiger partial charge in [-0.2, -0.15) is 0 Å². The molecule has 0 aliphatic carbocycles. The standard InChI is InChI=1S/C9H5FN2O3/c10-5-1-2-12-7(3-5)11-4-6(8(12)13)9(14)15/h1-4H,(H,14,15). The van der Waals surface area contributed by atoms with Crippen LogP contribution in [0.25, 0.3) is 5.65 Å². The van der Waals surface area contributed by atoms with Crippen LogP contribution in [0.4, 0.5) is 4.39 Å². The van der Waals surface area contributed by atoms with Crippen LogP contribution >= 0.6 is 0 Å². The average Bonchev–Trinajstić information content (AvgIpc) is 2.17. The molecule has 0 radical (unpaired) electrons. The molecule has 0 amide bonds. The summed E-state index contributed by atoms with van der Waals surface area (Å²) in [5.41, 5.74) is -1.10. The number of carbonyl (C=O) groups is 1. The maximum Gasteiger partial charge on any atom is 0.342 e. The Labute approximate surface area is 82.4 Å². The van der Waals surface area contributed by atoms with E-state index in [1.54, 1.807) is 0 Å². The SMILES string of the molecule is O=C(O)c1cnc2cc(F)ccn2c1=O. The van der Waals surface area contributed by atoms with Crippen molar-refractivity contribution in [1.29, 1.82) is 0 Å². The summed E-state index contributed by atoms with van der Waals surface area (Å²) in [4.78, 5) is 25.8. The molecular formula is C9H5FN2O3. The molecule has 0 atom stereocenters. The molecule has 0 aromatic carbocycles. The molecule has 6 heteroatoms. The lowest BCUT2D eigenvalue weighted by atomic mass is 10.3. The number of carboxylic acid groups (broad SMARTS) is 1. The minimum atomic E-state index is -1.36. The van der Waals surface area contributed by atoms with Gasteiger partial charge in [-0.25, -0.2) is 14.2 Å². The minimum Gasteiger partial charge on any atom is -0.477 e. The zero-order valence-electron chi connectivity index (χ0n) is 7.35. The fourth-order valence-electron chi connectivity index (χ4n) is 1.20. The van der Waals surface area contributed by atoms with E-state index in [0.717, 1.165) is 28.9 Å². The van der Waals surface area contributed by atoms with Gasteiger partial charge in [0.1, 0.15) is 17.0 Å². The van der Waals surface area contributed by atoms with E-state index in [9.17, 15) is 14.0 Å². The van der Waals surface area contributed by atoms with E-state index < -0.39 is 22.9 Å². The summed E-state index contributed by atoms with van der Waals surface area (Å²) >= 11 is 0. The number of hydrogen-bond donors (Lipinski definition) is 1. The number of rotatable bonds is 1. The van der Waals surface area contributed by atoms with Crippen LogP contribution in [-0.2, 0) is 0 Å². The van der Waals surface area contributed by atoms with Crippen molar-refractivity contribution < 1.29 is 14.3 Å². The fourth-order valence-corrected chi connectivity index (χ4v) is 1.20. The maximum atomic E-state index is 12.8. The third-order valence-corrected chi connectivity index (χ3v) is 1.90. The first-order valence-electron chi connectivity index (χ1n) is 4.00. The molecule has 0 bridgehead atoms. The number of nitrogens with zero attached hydrogens (tertiary/aromatic N) is 2. The summed E-state index contributed by atoms with van der Waals surface area (Å²) in [6, 6.07) is 2.11. The lowest BCUT2D eigenvalue weighted by molar-refractivity contribution is 0.0694. The molecular weight excluding hydrogens is 203 g/mol. The van der Waals surface area contributed by atoms with Crippen molar-refractivity contribution in [3.63, 3.8) is 0 Å². The van der Waals surface area contributed by atoms with E-state index in [0.29, 0.717) is 0 Å². The highest BCUT2D eigenvalue weighted by atomic mass is 19.1. The molecule has 0 aliphatic heterocycles. The number of aromatic carboxylic acids is 1. The second-order valence-electron chi connectivity index (χ2n) is 2.86. The summed E-state index contributed by atoms with van der Waals surface area (Å²) in [6.07, 6.45) is 2.06. The third kappa shape index (κ3) is 1.45. The Bertz CT molecular complexity index is 606. The largest absolute Gasteiger partial charge is 0.477 e. The molecule has 0 unspecified atom stereocenters. The van der Waals surface area contributed by atoms with Gasteiger partial charge in [-0.05, 0) is 6.07 Å². The number of halogens is 1. The molecule has 2 aromatic heterocycles. The van der Waals surface area contributed by atoms with E-state index in [1.807, 2.05) is 0 Å². The topological polar surface area (TPSA) is 71.7 Å². The maximum absolute atomic E-state index is 12.8. The molecule has 1 N–H and O–H groups in total. The van der Waals surface area contributed by atoms with Crippen LogP contribution in [0.1, 0.15) is 10.4 Å². The molecule has 5 nitrogen and oxygen atoms in total. The van der Waals surface area contributed by atoms with Crippen molar-refractivity contribution in [2.24, 2.45) is 0 Å². The van der Waals surface area contributed by atoms with E-state index in [1.165, 1.54) is 0 Å². The number of fused-ring (bicyclic) bond motifs is 1. The lowest BCUT2D eigenvalue weighted by Gasteiger charge is -2.00. The Morgan fingerprint density at radius 1 is 1.53 bits per heavy atom. The highest BCUT2D eigenvalue weighted by Gasteiger charge is 2.11. The Hall–Kier alpha value is -2.24. The molecule has 0 spiro atoms. The van der Waals surface area contributed by atoms with Gasteiger partial charge in [0.15, 0.2) is 0 Å². The smallest absolute Gasteiger partial charge is 0.342 e. The predicted octanol–water partition coefficient (Wildman–Crippen LogP) is 0.532. The molecule has 0 saturated heterocycles. The van der Waals surface area contributed by atoms with Gasteiger partial charge < -0.3 is 5.11 Å². The van der Waals surface area contributed by atoms with Gasteiger partial charge in [-0.1, -0.05) is 0 Å². The summed E-state index contributed by atoms with van der Waals surface area (Å²) in [5, 5.41) is 8.65. The molecule has 0 fully saturated rings. The molecule has 2 rings (SSSR count). The molecule has 0 saturated carbocycles. The molecule has 2 aromatic rings. The summed E-state index contributed by atoms with van der Waals surface area (Å²) in [5.74, 6) is -1.89. The first kappa shape index (κ1) is 9.32. The van der Waals surface area contributed by atoms with Crippen LogP contribution < -0.4 is 5.56 Å². The number of carboxylic acids is 1. The molecule has 0 aliphatic rings. The number of hydrogen-bond acceptors (Lipinski definition) is 3. The quantitative estimate of drug-likeness (QED) is 0.742. The van der Waals surface area contributed by atoms with Gasteiger partial charge in [0.25, 0.3) is 5.56 Å². The minimum absolute atomic E-state index is 0.0741. The Balaban J connectivity index is 2.86. The van der Waals surface area contributed by atoms with Crippen molar-refractivity contribution in [3.8, 4) is 0 Å². The van der Waals surface area contributed by atoms with Crippen molar-refractivity contribution in [2.45, 2.75) is 0 Å². The van der Waals surface area contributed by atoms with E-state index in [4.69, 9.17) is 5.11 Å². The second-order valence-corrected chi connectivity index (χ2v) is 2.86. The van der Waals surface area contributed by atoms with Gasteiger partial charge in [-0.3, -0.25) is 9.20 Å². The van der Waals surface area contributed by atoms with Gasteiger partial charge in [0.2, 0.25) is 0 Å². The van der Waals surface area contributed by atoms with Gasteiger partial charge in [0.05, 0.1) is 0 Å². The first-order chi connectivity index (χ1) is 7.09. The van der Waals surface area contributed by atoms with Crippen LogP contribution in [0, 0.1) is 5.82 Å². The van der Waals surface area contributed by atoms with Crippen LogP contribution in [0.5, 0.6) is 0 Å². The average molecular weight is 208 g/mol. The van der Waals surface area contributed by atoms with Gasteiger partial charge >= 0.3 is 5.97 Å². The summed E-state index contributed by atoms with van der Waals surface area (Å²) in [7, 11) is 0. The van der Waals surface area contributed by atoms with E-state index >= 15 is 0 Å². The first-order valence-corrected chi connectivity index (χ1v) is 4.00. The number of pyridine rings is 1.